The van der Waals surface area contributed by atoms with E-state index in [1.54, 1.807) is 0 Å². The van der Waals surface area contributed by atoms with Crippen LogP contribution < -0.4 is 0 Å². The molecule has 0 aromatic rings. The third kappa shape index (κ3) is 7.28. The largest absolute Gasteiger partial charge is 0.416 e. The van der Waals surface area contributed by atoms with Gasteiger partial charge in [-0.05, 0) is 36.4 Å². The van der Waals surface area contributed by atoms with E-state index in [1.807, 2.05) is 0 Å². The molecule has 0 saturated heterocycles. The summed E-state index contributed by atoms with van der Waals surface area (Å²) in [5.74, 6) is 0.857. The highest BCUT2D eigenvalue weighted by Crippen LogP contribution is 2.36. The lowest BCUT2D eigenvalue weighted by Gasteiger charge is -2.36. The molecule has 114 valence electrons. The zero-order chi connectivity index (χ0) is 15.1. The molecule has 0 spiro atoms. The van der Waals surface area contributed by atoms with E-state index in [0.717, 1.165) is 19.4 Å². The minimum absolute atomic E-state index is 0.278. The van der Waals surface area contributed by atoms with Gasteiger partial charge in [-0.3, -0.25) is 0 Å². The van der Waals surface area contributed by atoms with Gasteiger partial charge in [0.1, 0.15) is 0 Å². The number of aliphatic hydroxyl groups is 1. The molecular weight excluding hydrogens is 252 g/mol. The summed E-state index contributed by atoms with van der Waals surface area (Å²) in [6, 6.07) is 0. The van der Waals surface area contributed by atoms with E-state index in [2.05, 4.69) is 59.9 Å². The summed E-state index contributed by atoms with van der Waals surface area (Å²) in [5, 5.41) is 9.42. The molecule has 0 rings (SSSR count). The van der Waals surface area contributed by atoms with Crippen LogP contribution >= 0.6 is 0 Å². The molecule has 0 fully saturated rings. The maximum Gasteiger partial charge on any atom is 0.192 e. The Morgan fingerprint density at radius 3 is 2.26 bits per heavy atom. The maximum absolute atomic E-state index is 9.14. The highest BCUT2D eigenvalue weighted by Gasteiger charge is 2.37. The van der Waals surface area contributed by atoms with Crippen LogP contribution in [0.2, 0.25) is 18.1 Å². The minimum atomic E-state index is -1.62. The Hall–Kier alpha value is -0.123. The maximum atomic E-state index is 9.14. The molecule has 0 aromatic heterocycles. The van der Waals surface area contributed by atoms with Gasteiger partial charge in [0.2, 0.25) is 0 Å². The predicted molar refractivity (Wildman–Crippen MR) is 86.9 cm³/mol. The highest BCUT2D eigenvalue weighted by molar-refractivity contribution is 6.74. The van der Waals surface area contributed by atoms with Gasteiger partial charge in [-0.25, -0.2) is 0 Å². The summed E-state index contributed by atoms with van der Waals surface area (Å²) in [4.78, 5) is 0. The van der Waals surface area contributed by atoms with Crippen molar-refractivity contribution >= 4 is 8.32 Å². The van der Waals surface area contributed by atoms with E-state index in [-0.39, 0.29) is 11.6 Å². The van der Waals surface area contributed by atoms with Gasteiger partial charge in [0.15, 0.2) is 8.32 Å². The lowest BCUT2D eigenvalue weighted by molar-refractivity contribution is 0.223. The molecule has 3 heteroatoms. The van der Waals surface area contributed by atoms with Crippen molar-refractivity contribution in [2.24, 2.45) is 11.8 Å². The SMILES string of the molecule is CC[C@H](CO)C/C=C/[C@@H](C)CO[Si](C)(C)C(C)(C)C. The third-order valence-corrected chi connectivity index (χ3v) is 8.78. The van der Waals surface area contributed by atoms with Crippen LogP contribution in [0.4, 0.5) is 0 Å². The first-order valence-corrected chi connectivity index (χ1v) is 10.5. The second-order valence-corrected chi connectivity index (χ2v) is 12.0. The van der Waals surface area contributed by atoms with Crippen molar-refractivity contribution in [1.82, 2.24) is 0 Å². The van der Waals surface area contributed by atoms with E-state index < -0.39 is 8.32 Å². The first-order valence-electron chi connectivity index (χ1n) is 7.55. The summed E-state index contributed by atoms with van der Waals surface area (Å²) in [7, 11) is -1.62. The van der Waals surface area contributed by atoms with Gasteiger partial charge >= 0.3 is 0 Å². The fourth-order valence-electron chi connectivity index (χ4n) is 1.49. The minimum Gasteiger partial charge on any atom is -0.416 e. The van der Waals surface area contributed by atoms with Gasteiger partial charge in [-0.15, -0.1) is 0 Å². The predicted octanol–water partition coefficient (Wildman–Crippen LogP) is 4.61. The van der Waals surface area contributed by atoms with Crippen LogP contribution in [-0.2, 0) is 4.43 Å². The van der Waals surface area contributed by atoms with Crippen LogP contribution in [0.3, 0.4) is 0 Å². The molecule has 0 saturated carbocycles. The average molecular weight is 287 g/mol. The van der Waals surface area contributed by atoms with Crippen LogP contribution in [0.15, 0.2) is 12.2 Å². The lowest BCUT2D eigenvalue weighted by Crippen LogP contribution is -2.41. The van der Waals surface area contributed by atoms with Crippen LogP contribution in [-0.4, -0.2) is 26.6 Å². The van der Waals surface area contributed by atoms with Gasteiger partial charge in [0.05, 0.1) is 0 Å². The fourth-order valence-corrected chi connectivity index (χ4v) is 2.60. The average Bonchev–Trinajstić information content (AvgIpc) is 2.31. The summed E-state index contributed by atoms with van der Waals surface area (Å²) in [6.07, 6.45) is 6.43. The highest BCUT2D eigenvalue weighted by atomic mass is 28.4. The van der Waals surface area contributed by atoms with E-state index in [1.165, 1.54) is 0 Å². The van der Waals surface area contributed by atoms with E-state index in [9.17, 15) is 0 Å². The topological polar surface area (TPSA) is 29.5 Å². The first-order chi connectivity index (χ1) is 8.64. The second kappa shape index (κ2) is 8.23. The number of rotatable bonds is 8. The molecule has 1 N–H and O–H groups in total. The Morgan fingerprint density at radius 1 is 1.26 bits per heavy atom. The Labute approximate surface area is 121 Å². The normalized spacial score (nSPS) is 16.8. The molecule has 0 aliphatic heterocycles. The van der Waals surface area contributed by atoms with Crippen molar-refractivity contribution in [1.29, 1.82) is 0 Å². The quantitative estimate of drug-likeness (QED) is 0.521. The molecule has 0 amide bonds. The molecule has 0 aromatic carbocycles. The number of allylic oxidation sites excluding steroid dienone is 1. The van der Waals surface area contributed by atoms with Crippen molar-refractivity contribution < 1.29 is 9.53 Å². The van der Waals surface area contributed by atoms with Gasteiger partial charge in [0, 0.05) is 13.2 Å². The number of aliphatic hydroxyl groups excluding tert-OH is 1. The second-order valence-electron chi connectivity index (χ2n) is 7.17. The molecule has 0 heterocycles. The van der Waals surface area contributed by atoms with Crippen molar-refractivity contribution in [3.05, 3.63) is 12.2 Å². The van der Waals surface area contributed by atoms with Crippen LogP contribution in [0.1, 0.15) is 47.5 Å². The zero-order valence-corrected chi connectivity index (χ0v) is 15.0. The summed E-state index contributed by atoms with van der Waals surface area (Å²) in [6.45, 7) is 16.8. The molecule has 2 nitrogen and oxygen atoms in total. The zero-order valence-electron chi connectivity index (χ0n) is 14.0. The van der Waals surface area contributed by atoms with Crippen LogP contribution in [0.25, 0.3) is 0 Å². The monoisotopic (exact) mass is 286 g/mol. The molecule has 0 aliphatic carbocycles. The molecule has 0 aliphatic rings. The fraction of sp³-hybridized carbons (Fsp3) is 0.875. The molecular formula is C16H34O2Si. The van der Waals surface area contributed by atoms with Gasteiger partial charge < -0.3 is 9.53 Å². The Morgan fingerprint density at radius 2 is 1.84 bits per heavy atom. The smallest absolute Gasteiger partial charge is 0.192 e. The Kier molecular flexibility index (Phi) is 8.17. The van der Waals surface area contributed by atoms with Crippen molar-refractivity contribution in [2.75, 3.05) is 13.2 Å². The van der Waals surface area contributed by atoms with Crippen molar-refractivity contribution in [3.8, 4) is 0 Å². The standard InChI is InChI=1S/C16H34O2Si/c1-8-15(12-17)11-9-10-14(2)13-18-19(6,7)16(3,4)5/h9-10,14-15,17H,8,11-13H2,1-7H3/b10-9+/t14-,15+/m1/s1. The van der Waals surface area contributed by atoms with E-state index in [4.69, 9.17) is 9.53 Å². The molecule has 0 radical (unpaired) electrons. The molecule has 0 bridgehead atoms. The van der Waals surface area contributed by atoms with Crippen molar-refractivity contribution in [3.63, 3.8) is 0 Å². The number of hydrogen-bond acceptors (Lipinski definition) is 2. The van der Waals surface area contributed by atoms with Gasteiger partial charge in [-0.1, -0.05) is 53.2 Å². The van der Waals surface area contributed by atoms with Crippen LogP contribution in [0, 0.1) is 11.8 Å². The summed E-state index contributed by atoms with van der Waals surface area (Å²) >= 11 is 0. The van der Waals surface area contributed by atoms with E-state index >= 15 is 0 Å². The van der Waals surface area contributed by atoms with Gasteiger partial charge in [-0.2, -0.15) is 0 Å². The molecule has 19 heavy (non-hydrogen) atoms. The Bertz CT molecular complexity index is 262. The Balaban J connectivity index is 4.12. The summed E-state index contributed by atoms with van der Waals surface area (Å²) < 4.78 is 6.20. The lowest BCUT2D eigenvalue weighted by atomic mass is 10.0. The first kappa shape index (κ1) is 18.9. The molecule has 2 atom stereocenters. The number of hydrogen-bond donors (Lipinski definition) is 1. The van der Waals surface area contributed by atoms with Crippen molar-refractivity contribution in [2.45, 2.75) is 65.6 Å². The summed E-state index contributed by atoms with van der Waals surface area (Å²) in [5.41, 5.74) is 0. The van der Waals surface area contributed by atoms with Gasteiger partial charge in [0.25, 0.3) is 0 Å². The molecule has 0 unspecified atom stereocenters. The van der Waals surface area contributed by atoms with Crippen LogP contribution in [0.5, 0.6) is 0 Å². The third-order valence-electron chi connectivity index (χ3n) is 4.28. The van der Waals surface area contributed by atoms with E-state index in [0.29, 0.717) is 11.8 Å².